The Morgan fingerprint density at radius 3 is 2.62 bits per heavy atom. The molecule has 21 heavy (non-hydrogen) atoms. The molecule has 0 amide bonds. The fourth-order valence-electron chi connectivity index (χ4n) is 2.07. The Balaban J connectivity index is 1.92. The summed E-state index contributed by atoms with van der Waals surface area (Å²) in [6.07, 6.45) is 0. The van der Waals surface area contributed by atoms with E-state index in [1.807, 2.05) is 49.4 Å². The Bertz CT molecular complexity index is 830. The van der Waals surface area contributed by atoms with Crippen LogP contribution in [0.1, 0.15) is 18.0 Å². The van der Waals surface area contributed by atoms with E-state index >= 15 is 0 Å². The Labute approximate surface area is 131 Å². The standard InChI is InChI=1S/C16H13ClN2OS/c1-10(21-12-8-6-11(17)7-9-12)15-18-14-5-3-2-4-13(14)16(20)19-15/h2-10H,1H3,(H,18,19,20)/t10-/m0/s1. The maximum Gasteiger partial charge on any atom is 0.258 e. The first-order chi connectivity index (χ1) is 10.1. The lowest BCUT2D eigenvalue weighted by atomic mass is 10.2. The average Bonchev–Trinajstić information content (AvgIpc) is 2.49. The van der Waals surface area contributed by atoms with Gasteiger partial charge in [0.2, 0.25) is 0 Å². The minimum Gasteiger partial charge on any atom is -0.309 e. The Kier molecular flexibility index (Phi) is 3.99. The van der Waals surface area contributed by atoms with Gasteiger partial charge in [-0.05, 0) is 43.3 Å². The molecule has 0 unspecified atom stereocenters. The smallest absolute Gasteiger partial charge is 0.258 e. The predicted molar refractivity (Wildman–Crippen MR) is 88.1 cm³/mol. The molecule has 0 aliphatic heterocycles. The highest BCUT2D eigenvalue weighted by Crippen LogP contribution is 2.33. The van der Waals surface area contributed by atoms with E-state index in [4.69, 9.17) is 11.6 Å². The number of para-hydroxylation sites is 1. The number of aromatic nitrogens is 2. The quantitative estimate of drug-likeness (QED) is 0.727. The van der Waals surface area contributed by atoms with Crippen molar-refractivity contribution in [1.29, 1.82) is 0 Å². The summed E-state index contributed by atoms with van der Waals surface area (Å²) in [7, 11) is 0. The van der Waals surface area contributed by atoms with Gasteiger partial charge in [0.15, 0.2) is 0 Å². The van der Waals surface area contributed by atoms with Crippen LogP contribution >= 0.6 is 23.4 Å². The first-order valence-corrected chi connectivity index (χ1v) is 7.80. The first-order valence-electron chi connectivity index (χ1n) is 6.54. The van der Waals surface area contributed by atoms with E-state index in [0.29, 0.717) is 16.2 Å². The first kappa shape index (κ1) is 14.2. The van der Waals surface area contributed by atoms with Crippen LogP contribution in [0.3, 0.4) is 0 Å². The van der Waals surface area contributed by atoms with E-state index in [0.717, 1.165) is 10.4 Å². The zero-order chi connectivity index (χ0) is 14.8. The van der Waals surface area contributed by atoms with Crippen LogP contribution in [-0.4, -0.2) is 9.97 Å². The molecule has 2 aromatic carbocycles. The molecule has 1 atom stereocenters. The summed E-state index contributed by atoms with van der Waals surface area (Å²) in [6, 6.07) is 15.0. The zero-order valence-corrected chi connectivity index (χ0v) is 12.9. The van der Waals surface area contributed by atoms with Gasteiger partial charge in [-0.2, -0.15) is 0 Å². The molecule has 0 saturated carbocycles. The molecule has 0 radical (unpaired) electrons. The minimum atomic E-state index is -0.0980. The second-order valence-corrected chi connectivity index (χ2v) is 6.53. The van der Waals surface area contributed by atoms with Gasteiger partial charge in [0, 0.05) is 9.92 Å². The van der Waals surface area contributed by atoms with Crippen molar-refractivity contribution in [2.75, 3.05) is 0 Å². The molecule has 1 N–H and O–H groups in total. The molecule has 0 aliphatic carbocycles. The normalized spacial score (nSPS) is 12.5. The van der Waals surface area contributed by atoms with Crippen molar-refractivity contribution >= 4 is 34.3 Å². The second-order valence-electron chi connectivity index (χ2n) is 4.68. The van der Waals surface area contributed by atoms with E-state index in [-0.39, 0.29) is 10.8 Å². The number of halogens is 1. The Morgan fingerprint density at radius 2 is 1.86 bits per heavy atom. The molecule has 5 heteroatoms. The van der Waals surface area contributed by atoms with Gasteiger partial charge in [0.05, 0.1) is 16.2 Å². The van der Waals surface area contributed by atoms with Gasteiger partial charge in [0.25, 0.3) is 5.56 Å². The summed E-state index contributed by atoms with van der Waals surface area (Å²) in [5.41, 5.74) is 0.624. The van der Waals surface area contributed by atoms with Crippen LogP contribution in [0.15, 0.2) is 58.2 Å². The number of nitrogens with zero attached hydrogens (tertiary/aromatic N) is 1. The van der Waals surface area contributed by atoms with E-state index in [9.17, 15) is 4.79 Å². The van der Waals surface area contributed by atoms with Crippen LogP contribution in [0.2, 0.25) is 5.02 Å². The number of rotatable bonds is 3. The third kappa shape index (κ3) is 3.12. The van der Waals surface area contributed by atoms with Crippen molar-refractivity contribution in [2.45, 2.75) is 17.1 Å². The molecule has 1 aromatic heterocycles. The van der Waals surface area contributed by atoms with E-state index in [1.165, 1.54) is 0 Å². The topological polar surface area (TPSA) is 45.8 Å². The number of thioether (sulfide) groups is 1. The highest BCUT2D eigenvalue weighted by molar-refractivity contribution is 7.99. The number of hydrogen-bond acceptors (Lipinski definition) is 3. The summed E-state index contributed by atoms with van der Waals surface area (Å²) >= 11 is 7.51. The molecule has 106 valence electrons. The third-order valence-corrected chi connectivity index (χ3v) is 4.52. The van der Waals surface area contributed by atoms with E-state index in [2.05, 4.69) is 9.97 Å². The summed E-state index contributed by atoms with van der Waals surface area (Å²) in [5, 5.41) is 1.37. The van der Waals surface area contributed by atoms with Crippen molar-refractivity contribution < 1.29 is 0 Å². The number of aromatic amines is 1. The van der Waals surface area contributed by atoms with Crippen LogP contribution in [0, 0.1) is 0 Å². The molecular formula is C16H13ClN2OS. The number of H-pyrrole nitrogens is 1. The zero-order valence-electron chi connectivity index (χ0n) is 11.3. The molecule has 3 aromatic rings. The van der Waals surface area contributed by atoms with Gasteiger partial charge in [-0.15, -0.1) is 11.8 Å². The monoisotopic (exact) mass is 316 g/mol. The molecule has 0 spiro atoms. The lowest BCUT2D eigenvalue weighted by Gasteiger charge is -2.11. The summed E-state index contributed by atoms with van der Waals surface area (Å²) in [5.74, 6) is 0.679. The largest absolute Gasteiger partial charge is 0.309 e. The van der Waals surface area contributed by atoms with Crippen LogP contribution in [0.4, 0.5) is 0 Å². The van der Waals surface area contributed by atoms with Gasteiger partial charge in [-0.1, -0.05) is 23.7 Å². The maximum atomic E-state index is 12.1. The number of nitrogens with one attached hydrogen (secondary N) is 1. The fraction of sp³-hybridized carbons (Fsp3) is 0.125. The molecule has 0 bridgehead atoms. The predicted octanol–water partition coefficient (Wildman–Crippen LogP) is 4.43. The molecule has 0 fully saturated rings. The van der Waals surface area contributed by atoms with E-state index in [1.54, 1.807) is 17.8 Å². The SMILES string of the molecule is C[C@H](Sc1ccc(Cl)cc1)c1nc2ccccc2c(=O)[nH]1. The molecular weight excluding hydrogens is 304 g/mol. The fourth-order valence-corrected chi connectivity index (χ4v) is 3.12. The van der Waals surface area contributed by atoms with Gasteiger partial charge in [-0.25, -0.2) is 4.98 Å². The summed E-state index contributed by atoms with van der Waals surface area (Å²) in [4.78, 5) is 20.6. The Hall–Kier alpha value is -1.78. The highest BCUT2D eigenvalue weighted by Gasteiger charge is 2.12. The lowest BCUT2D eigenvalue weighted by Crippen LogP contribution is -2.12. The van der Waals surface area contributed by atoms with Crippen molar-refractivity contribution in [3.05, 3.63) is 69.7 Å². The molecule has 3 nitrogen and oxygen atoms in total. The lowest BCUT2D eigenvalue weighted by molar-refractivity contribution is 0.923. The van der Waals surface area contributed by atoms with Gasteiger partial charge in [-0.3, -0.25) is 4.79 Å². The van der Waals surface area contributed by atoms with E-state index < -0.39 is 0 Å². The van der Waals surface area contributed by atoms with Crippen LogP contribution < -0.4 is 5.56 Å². The number of hydrogen-bond donors (Lipinski definition) is 1. The van der Waals surface area contributed by atoms with Gasteiger partial charge < -0.3 is 4.98 Å². The van der Waals surface area contributed by atoms with Crippen molar-refractivity contribution in [2.24, 2.45) is 0 Å². The van der Waals surface area contributed by atoms with Crippen molar-refractivity contribution in [1.82, 2.24) is 9.97 Å². The second kappa shape index (κ2) is 5.92. The molecule has 3 rings (SSSR count). The average molecular weight is 317 g/mol. The summed E-state index contributed by atoms with van der Waals surface area (Å²) < 4.78 is 0. The van der Waals surface area contributed by atoms with Gasteiger partial charge in [0.1, 0.15) is 5.82 Å². The number of fused-ring (bicyclic) bond motifs is 1. The van der Waals surface area contributed by atoms with Crippen molar-refractivity contribution in [3.8, 4) is 0 Å². The molecule has 1 heterocycles. The maximum absolute atomic E-state index is 12.1. The van der Waals surface area contributed by atoms with Crippen LogP contribution in [0.5, 0.6) is 0 Å². The van der Waals surface area contributed by atoms with Crippen LogP contribution in [0.25, 0.3) is 10.9 Å². The number of benzene rings is 2. The third-order valence-electron chi connectivity index (χ3n) is 3.14. The highest BCUT2D eigenvalue weighted by atomic mass is 35.5. The van der Waals surface area contributed by atoms with Gasteiger partial charge >= 0.3 is 0 Å². The summed E-state index contributed by atoms with van der Waals surface area (Å²) in [6.45, 7) is 2.02. The minimum absolute atomic E-state index is 0.0449. The molecule has 0 aliphatic rings. The Morgan fingerprint density at radius 1 is 1.14 bits per heavy atom. The molecule has 0 saturated heterocycles. The van der Waals surface area contributed by atoms with Crippen molar-refractivity contribution in [3.63, 3.8) is 0 Å². The van der Waals surface area contributed by atoms with Crippen LogP contribution in [-0.2, 0) is 0 Å².